The molecule has 1 atom stereocenters. The molecule has 1 aromatic heterocycles. The van der Waals surface area contributed by atoms with Crippen LogP contribution in [0.1, 0.15) is 31.7 Å². The molecule has 0 spiro atoms. The molecule has 1 aliphatic rings. The second kappa shape index (κ2) is 8.10. The maximum absolute atomic E-state index is 13.6. The highest BCUT2D eigenvalue weighted by Crippen LogP contribution is 2.38. The van der Waals surface area contributed by atoms with Crippen molar-refractivity contribution >= 4 is 15.7 Å². The molecule has 2 heterocycles. The van der Waals surface area contributed by atoms with E-state index in [2.05, 4.69) is 23.9 Å². The molecule has 0 amide bonds. The third-order valence-corrected chi connectivity index (χ3v) is 7.42. The summed E-state index contributed by atoms with van der Waals surface area (Å²) in [7, 11) is -1.91. The van der Waals surface area contributed by atoms with E-state index in [9.17, 15) is 8.42 Å². The average Bonchev–Trinajstić information content (AvgIpc) is 3.16. The summed E-state index contributed by atoms with van der Waals surface area (Å²) in [6.07, 6.45) is 3.17. The smallest absolute Gasteiger partial charge is 0.264 e. The number of sulfonamides is 1. The Kier molecular flexibility index (Phi) is 5.51. The molecule has 158 valence electrons. The maximum Gasteiger partial charge on any atom is 0.264 e. The van der Waals surface area contributed by atoms with Gasteiger partial charge in [-0.1, -0.05) is 32.0 Å². The van der Waals surface area contributed by atoms with Crippen LogP contribution in [-0.2, 0) is 30.1 Å². The zero-order valence-electron chi connectivity index (χ0n) is 17.4. The highest BCUT2D eigenvalue weighted by atomic mass is 32.2. The Hall–Kier alpha value is -2.87. The van der Waals surface area contributed by atoms with Gasteiger partial charge in [0.2, 0.25) is 0 Å². The lowest BCUT2D eigenvalue weighted by molar-refractivity contribution is 0.289. The predicted molar refractivity (Wildman–Crippen MR) is 115 cm³/mol. The van der Waals surface area contributed by atoms with Crippen LogP contribution in [0.2, 0.25) is 0 Å². The highest BCUT2D eigenvalue weighted by molar-refractivity contribution is 7.92. The number of para-hydroxylation sites is 1. The van der Waals surface area contributed by atoms with Gasteiger partial charge >= 0.3 is 0 Å². The number of aryl methyl sites for hydroxylation is 2. The molecule has 8 heteroatoms. The molecule has 4 rings (SSSR count). The molecular formula is C22H26N4O3S. The Bertz CT molecular complexity index is 1120. The first-order valence-electron chi connectivity index (χ1n) is 10.1. The quantitative estimate of drug-likeness (QED) is 0.602. The zero-order valence-corrected chi connectivity index (χ0v) is 18.2. The van der Waals surface area contributed by atoms with Crippen LogP contribution in [0.5, 0.6) is 5.75 Å². The summed E-state index contributed by atoms with van der Waals surface area (Å²) in [6.45, 7) is 4.41. The summed E-state index contributed by atoms with van der Waals surface area (Å²) >= 11 is 0. The van der Waals surface area contributed by atoms with Gasteiger partial charge in [0.15, 0.2) is 5.82 Å². The molecule has 7 nitrogen and oxygen atoms in total. The standard InChI is InChI=1S/C22H26N4O3S/c1-16(2)20-13-8-17-6-4-5-7-21(17)26(20)30(27,28)19-11-9-18(10-12-19)29-14-22-23-15-24-25(22)3/h4-7,9-12,15-16,20H,8,13-14H2,1-3H3/t20-/m1/s1. The van der Waals surface area contributed by atoms with Gasteiger partial charge in [-0.2, -0.15) is 5.10 Å². The van der Waals surface area contributed by atoms with Crippen LogP contribution in [0.15, 0.2) is 59.8 Å². The van der Waals surface area contributed by atoms with Gasteiger partial charge in [0.05, 0.1) is 10.6 Å². The van der Waals surface area contributed by atoms with Crippen molar-refractivity contribution in [1.29, 1.82) is 0 Å². The number of hydrogen-bond donors (Lipinski definition) is 0. The number of nitrogens with zero attached hydrogens (tertiary/aromatic N) is 4. The molecule has 0 radical (unpaired) electrons. The van der Waals surface area contributed by atoms with Gasteiger partial charge in [-0.15, -0.1) is 0 Å². The molecule has 3 aromatic rings. The Balaban J connectivity index is 1.61. The molecule has 0 saturated carbocycles. The summed E-state index contributed by atoms with van der Waals surface area (Å²) in [5.74, 6) is 1.48. The second-order valence-electron chi connectivity index (χ2n) is 7.84. The second-order valence-corrected chi connectivity index (χ2v) is 9.65. The molecule has 2 aromatic carbocycles. The van der Waals surface area contributed by atoms with Crippen LogP contribution < -0.4 is 9.04 Å². The van der Waals surface area contributed by atoms with Crippen LogP contribution in [0.3, 0.4) is 0 Å². The SMILES string of the molecule is CC(C)[C@H]1CCc2ccccc2N1S(=O)(=O)c1ccc(OCc2ncnn2C)cc1. The lowest BCUT2D eigenvalue weighted by Gasteiger charge is -2.40. The van der Waals surface area contributed by atoms with Crippen molar-refractivity contribution in [2.45, 2.75) is 44.2 Å². The van der Waals surface area contributed by atoms with E-state index in [0.29, 0.717) is 11.6 Å². The Morgan fingerprint density at radius 1 is 1.13 bits per heavy atom. The zero-order chi connectivity index (χ0) is 21.3. The minimum Gasteiger partial charge on any atom is -0.486 e. The Morgan fingerprint density at radius 2 is 1.87 bits per heavy atom. The third kappa shape index (κ3) is 3.79. The number of ether oxygens (including phenoxy) is 1. The maximum atomic E-state index is 13.6. The molecular weight excluding hydrogens is 400 g/mol. The first-order chi connectivity index (χ1) is 14.4. The van der Waals surface area contributed by atoms with Gasteiger partial charge in [0.1, 0.15) is 18.7 Å². The van der Waals surface area contributed by atoms with Gasteiger partial charge in [-0.3, -0.25) is 8.99 Å². The van der Waals surface area contributed by atoms with Crippen molar-refractivity contribution in [2.75, 3.05) is 4.31 Å². The number of benzene rings is 2. The molecule has 0 saturated heterocycles. The van der Waals surface area contributed by atoms with E-state index in [1.165, 1.54) is 6.33 Å². The fourth-order valence-corrected chi connectivity index (χ4v) is 5.72. The van der Waals surface area contributed by atoms with Crippen LogP contribution in [-0.4, -0.2) is 29.2 Å². The number of aromatic nitrogens is 3. The summed E-state index contributed by atoms with van der Waals surface area (Å²) < 4.78 is 36.2. The predicted octanol–water partition coefficient (Wildman–Crippen LogP) is 3.56. The third-order valence-electron chi connectivity index (χ3n) is 5.56. The molecule has 0 bridgehead atoms. The highest BCUT2D eigenvalue weighted by Gasteiger charge is 2.37. The number of rotatable bonds is 6. The lowest BCUT2D eigenvalue weighted by Crippen LogP contribution is -2.46. The lowest BCUT2D eigenvalue weighted by atomic mass is 9.91. The monoisotopic (exact) mass is 426 g/mol. The fourth-order valence-electron chi connectivity index (χ4n) is 3.87. The van der Waals surface area contributed by atoms with Crippen molar-refractivity contribution in [1.82, 2.24) is 14.8 Å². The number of anilines is 1. The Morgan fingerprint density at radius 3 is 2.53 bits per heavy atom. The van der Waals surface area contributed by atoms with E-state index in [4.69, 9.17) is 4.74 Å². The minimum atomic E-state index is -3.70. The van der Waals surface area contributed by atoms with Gasteiger partial charge in [0, 0.05) is 13.1 Å². The van der Waals surface area contributed by atoms with E-state index in [1.54, 1.807) is 40.3 Å². The summed E-state index contributed by atoms with van der Waals surface area (Å²) in [4.78, 5) is 4.38. The van der Waals surface area contributed by atoms with E-state index >= 15 is 0 Å². The Labute approximate surface area is 177 Å². The van der Waals surface area contributed by atoms with Crippen molar-refractivity contribution in [3.05, 3.63) is 66.2 Å². The summed E-state index contributed by atoms with van der Waals surface area (Å²) in [6, 6.07) is 14.3. The van der Waals surface area contributed by atoms with Gasteiger partial charge in [0.25, 0.3) is 10.0 Å². The minimum absolute atomic E-state index is 0.0725. The largest absolute Gasteiger partial charge is 0.486 e. The first kappa shape index (κ1) is 20.4. The summed E-state index contributed by atoms with van der Waals surface area (Å²) in [5, 5.41) is 4.01. The molecule has 0 fully saturated rings. The molecule has 0 unspecified atom stereocenters. The van der Waals surface area contributed by atoms with Crippen LogP contribution >= 0.6 is 0 Å². The molecule has 1 aliphatic heterocycles. The molecule has 0 aliphatic carbocycles. The van der Waals surface area contributed by atoms with Crippen molar-refractivity contribution in [3.63, 3.8) is 0 Å². The summed E-state index contributed by atoms with van der Waals surface area (Å²) in [5.41, 5.74) is 1.85. The van der Waals surface area contributed by atoms with E-state index in [0.717, 1.165) is 24.1 Å². The normalized spacial score (nSPS) is 16.5. The van der Waals surface area contributed by atoms with Crippen LogP contribution in [0.25, 0.3) is 0 Å². The molecule has 0 N–H and O–H groups in total. The van der Waals surface area contributed by atoms with Crippen molar-refractivity contribution < 1.29 is 13.2 Å². The van der Waals surface area contributed by atoms with Crippen LogP contribution in [0, 0.1) is 5.92 Å². The molecule has 30 heavy (non-hydrogen) atoms. The van der Waals surface area contributed by atoms with Gasteiger partial charge < -0.3 is 4.74 Å². The number of fused-ring (bicyclic) bond motifs is 1. The van der Waals surface area contributed by atoms with Crippen molar-refractivity contribution in [2.24, 2.45) is 13.0 Å². The van der Waals surface area contributed by atoms with Gasteiger partial charge in [-0.25, -0.2) is 13.4 Å². The van der Waals surface area contributed by atoms with E-state index in [1.807, 2.05) is 24.3 Å². The van der Waals surface area contributed by atoms with Crippen LogP contribution in [0.4, 0.5) is 5.69 Å². The van der Waals surface area contributed by atoms with E-state index in [-0.39, 0.29) is 23.5 Å². The topological polar surface area (TPSA) is 77.3 Å². The van der Waals surface area contributed by atoms with Gasteiger partial charge in [-0.05, 0) is 54.7 Å². The number of hydrogen-bond acceptors (Lipinski definition) is 5. The van der Waals surface area contributed by atoms with Crippen molar-refractivity contribution in [3.8, 4) is 5.75 Å². The average molecular weight is 427 g/mol. The first-order valence-corrected chi connectivity index (χ1v) is 11.5. The van der Waals surface area contributed by atoms with E-state index < -0.39 is 10.0 Å². The fraction of sp³-hybridized carbons (Fsp3) is 0.364.